The first-order chi connectivity index (χ1) is 19.7. The largest absolute Gasteiger partial charge is 0.487 e. The highest BCUT2D eigenvalue weighted by Crippen LogP contribution is 2.38. The van der Waals surface area contributed by atoms with Crippen LogP contribution in [0.2, 0.25) is 10.0 Å². The molecule has 1 aromatic carbocycles. The molecule has 7 nitrogen and oxygen atoms in total. The van der Waals surface area contributed by atoms with E-state index in [0.29, 0.717) is 27.4 Å². The highest BCUT2D eigenvalue weighted by Gasteiger charge is 2.39. The van der Waals surface area contributed by atoms with Crippen LogP contribution in [0.3, 0.4) is 0 Å². The van der Waals surface area contributed by atoms with E-state index in [4.69, 9.17) is 27.9 Å². The lowest BCUT2D eigenvalue weighted by Gasteiger charge is -2.25. The van der Waals surface area contributed by atoms with E-state index >= 15 is 0 Å². The molecule has 0 aliphatic rings. The maximum Gasteiger partial charge on any atom is 0.309 e. The number of carboxylic acids is 1. The number of hydrogen-bond acceptors (Lipinski definition) is 5. The van der Waals surface area contributed by atoms with Gasteiger partial charge in [0.2, 0.25) is 5.78 Å². The van der Waals surface area contributed by atoms with Crippen molar-refractivity contribution in [2.24, 2.45) is 10.8 Å². The number of carboxylic acid groups (broad SMARTS) is 1. The average molecular weight is 610 g/mol. The van der Waals surface area contributed by atoms with Gasteiger partial charge in [-0.2, -0.15) is 0 Å². The van der Waals surface area contributed by atoms with Crippen LogP contribution < -0.4 is 4.74 Å². The summed E-state index contributed by atoms with van der Waals surface area (Å²) in [5, 5.41) is 10.7. The number of halogens is 2. The number of carbonyl (C=O) groups is 3. The molecule has 0 radical (unpaired) electrons. The molecule has 1 atom stereocenters. The van der Waals surface area contributed by atoms with Gasteiger partial charge in [-0.1, -0.05) is 57.0 Å². The summed E-state index contributed by atoms with van der Waals surface area (Å²) in [4.78, 5) is 45.2. The summed E-state index contributed by atoms with van der Waals surface area (Å²) in [5.41, 5.74) is 1.13. The lowest BCUT2D eigenvalue weighted by atomic mass is 9.77. The summed E-state index contributed by atoms with van der Waals surface area (Å²) in [7, 11) is 0. The second-order valence-corrected chi connectivity index (χ2v) is 12.6. The molecule has 1 unspecified atom stereocenters. The molecule has 0 fully saturated rings. The number of ether oxygens (including phenoxy) is 1. The summed E-state index contributed by atoms with van der Waals surface area (Å²) in [6.07, 6.45) is 1.92. The third-order valence-electron chi connectivity index (χ3n) is 7.51. The highest BCUT2D eigenvalue weighted by atomic mass is 35.5. The molecular weight excluding hydrogens is 575 g/mol. The lowest BCUT2D eigenvalue weighted by Crippen LogP contribution is -2.31. The molecule has 0 aliphatic carbocycles. The van der Waals surface area contributed by atoms with Crippen molar-refractivity contribution in [3.8, 4) is 5.75 Å². The van der Waals surface area contributed by atoms with E-state index in [2.05, 4.69) is 4.98 Å². The number of pyridine rings is 2. The number of Topliss-reactive ketones (excluding diaryl/α,β-unsaturated/α-hetero) is 1. The van der Waals surface area contributed by atoms with E-state index in [1.807, 2.05) is 25.1 Å². The molecule has 0 bridgehead atoms. The third kappa shape index (κ3) is 6.22. The van der Waals surface area contributed by atoms with Gasteiger partial charge in [-0.15, -0.1) is 0 Å². The minimum atomic E-state index is -1.24. The predicted molar refractivity (Wildman–Crippen MR) is 164 cm³/mol. The Bertz CT molecular complexity index is 1700. The van der Waals surface area contributed by atoms with Crippen LogP contribution in [0.5, 0.6) is 5.75 Å². The molecule has 0 saturated carbocycles. The lowest BCUT2D eigenvalue weighted by molar-refractivity contribution is -0.148. The maximum atomic E-state index is 14.2. The number of carbonyl (C=O) groups excluding carboxylic acids is 2. The quantitative estimate of drug-likeness (QED) is 0.183. The molecule has 0 amide bonds. The van der Waals surface area contributed by atoms with Crippen molar-refractivity contribution in [3.63, 3.8) is 0 Å². The molecule has 0 aliphatic heterocycles. The van der Waals surface area contributed by atoms with Crippen LogP contribution in [0.4, 0.5) is 0 Å². The van der Waals surface area contributed by atoms with E-state index in [0.717, 1.165) is 11.4 Å². The molecule has 42 heavy (non-hydrogen) atoms. The van der Waals surface area contributed by atoms with Gasteiger partial charge in [-0.25, -0.2) is 0 Å². The Labute approximate surface area is 255 Å². The number of aliphatic carboxylic acids is 1. The minimum Gasteiger partial charge on any atom is -0.487 e. The number of hydrogen-bond donors (Lipinski definition) is 1. The van der Waals surface area contributed by atoms with Crippen LogP contribution in [-0.2, 0) is 17.8 Å². The number of benzene rings is 1. The summed E-state index contributed by atoms with van der Waals surface area (Å²) in [5.74, 6) is -1.17. The van der Waals surface area contributed by atoms with Crippen molar-refractivity contribution in [1.29, 1.82) is 0 Å². The fourth-order valence-electron chi connectivity index (χ4n) is 4.78. The van der Waals surface area contributed by atoms with Crippen LogP contribution >= 0.6 is 23.2 Å². The van der Waals surface area contributed by atoms with Crippen LogP contribution in [0.25, 0.3) is 5.52 Å². The Hall–Kier alpha value is -3.68. The third-order valence-corrected chi connectivity index (χ3v) is 8.25. The first-order valence-corrected chi connectivity index (χ1v) is 14.4. The van der Waals surface area contributed by atoms with Gasteiger partial charge in [0.1, 0.15) is 12.4 Å². The Morgan fingerprint density at radius 1 is 1.00 bits per heavy atom. The SMILES string of the molecule is CCC(C)(Cc1c(C(=O)C(C)(C)C)c2cc(OCc3cccc(C)n3)ccn2c1C(=O)c1ccc(Cl)c(Cl)c1)C(=O)O. The van der Waals surface area contributed by atoms with Gasteiger partial charge in [0, 0.05) is 34.5 Å². The fraction of sp³-hybridized carbons (Fsp3) is 0.333. The molecule has 3 aromatic heterocycles. The van der Waals surface area contributed by atoms with E-state index in [1.165, 1.54) is 12.1 Å². The van der Waals surface area contributed by atoms with Gasteiger partial charge in [-0.3, -0.25) is 19.4 Å². The van der Waals surface area contributed by atoms with E-state index in [9.17, 15) is 19.5 Å². The topological polar surface area (TPSA) is 98.0 Å². The highest BCUT2D eigenvalue weighted by molar-refractivity contribution is 6.42. The molecule has 1 N–H and O–H groups in total. The van der Waals surface area contributed by atoms with Gasteiger partial charge in [0.25, 0.3) is 0 Å². The van der Waals surface area contributed by atoms with Gasteiger partial charge >= 0.3 is 5.97 Å². The van der Waals surface area contributed by atoms with Gasteiger partial charge in [0.05, 0.1) is 32.4 Å². The van der Waals surface area contributed by atoms with Crippen LogP contribution in [0.15, 0.2) is 54.7 Å². The number of aryl methyl sites for hydroxylation is 1. The maximum absolute atomic E-state index is 14.2. The normalized spacial score (nSPS) is 13.1. The van der Waals surface area contributed by atoms with Gasteiger partial charge in [0.15, 0.2) is 5.78 Å². The number of fused-ring (bicyclic) bond motifs is 1. The number of rotatable bonds is 10. The molecule has 3 heterocycles. The first-order valence-electron chi connectivity index (χ1n) is 13.7. The Morgan fingerprint density at radius 2 is 1.71 bits per heavy atom. The first kappa shape index (κ1) is 31.3. The van der Waals surface area contributed by atoms with E-state index < -0.39 is 22.6 Å². The zero-order chi connectivity index (χ0) is 31.0. The van der Waals surface area contributed by atoms with Gasteiger partial charge in [-0.05, 0) is 68.7 Å². The van der Waals surface area contributed by atoms with Crippen molar-refractivity contribution in [2.75, 3.05) is 0 Å². The van der Waals surface area contributed by atoms with Gasteiger partial charge < -0.3 is 14.2 Å². The Balaban J connectivity index is 1.99. The summed E-state index contributed by atoms with van der Waals surface area (Å²) < 4.78 is 7.71. The standard InChI is InChI=1S/C33H34Cl2N2O5/c1-7-33(6,31(40)41)17-23-27(30(39)32(3,4)5)26-16-22(42-18-21-10-8-9-19(2)36-21)13-14-37(26)28(23)29(38)20-11-12-24(34)25(35)15-20/h8-16H,7,17-18H2,1-6H3,(H,40,41). The monoisotopic (exact) mass is 608 g/mol. The second kappa shape index (κ2) is 11.9. The Kier molecular flexibility index (Phi) is 8.86. The molecule has 220 valence electrons. The van der Waals surface area contributed by atoms with Crippen LogP contribution in [0.1, 0.15) is 84.4 Å². The fourth-order valence-corrected chi connectivity index (χ4v) is 5.07. The average Bonchev–Trinajstić information content (AvgIpc) is 3.24. The second-order valence-electron chi connectivity index (χ2n) is 11.8. The molecule has 0 saturated heterocycles. The van der Waals surface area contributed by atoms with Crippen molar-refractivity contribution >= 4 is 46.3 Å². The molecule has 9 heteroatoms. The Morgan fingerprint density at radius 3 is 2.31 bits per heavy atom. The van der Waals surface area contributed by atoms with Crippen molar-refractivity contribution < 1.29 is 24.2 Å². The number of aromatic nitrogens is 2. The number of ketones is 2. The molecule has 4 rings (SSSR count). The minimum absolute atomic E-state index is 0.0382. The smallest absolute Gasteiger partial charge is 0.309 e. The van der Waals surface area contributed by atoms with Crippen LogP contribution in [-0.4, -0.2) is 32.0 Å². The van der Waals surface area contributed by atoms with Crippen molar-refractivity contribution in [3.05, 3.63) is 98.5 Å². The van der Waals surface area contributed by atoms with Crippen molar-refractivity contribution in [2.45, 2.75) is 61.0 Å². The van der Waals surface area contributed by atoms with Crippen molar-refractivity contribution in [1.82, 2.24) is 9.38 Å². The summed E-state index contributed by atoms with van der Waals surface area (Å²) >= 11 is 12.4. The van der Waals surface area contributed by atoms with E-state index in [1.54, 1.807) is 63.4 Å². The zero-order valence-corrected chi connectivity index (χ0v) is 26.1. The predicted octanol–water partition coefficient (Wildman–Crippen LogP) is 8.03. The summed E-state index contributed by atoms with van der Waals surface area (Å²) in [6, 6.07) is 13.7. The van der Waals surface area contributed by atoms with E-state index in [-0.39, 0.29) is 41.5 Å². The molecule has 4 aromatic rings. The molecular formula is C33H34Cl2N2O5. The molecule has 0 spiro atoms. The zero-order valence-electron chi connectivity index (χ0n) is 24.5. The van der Waals surface area contributed by atoms with Crippen LogP contribution in [0, 0.1) is 17.8 Å². The summed E-state index contributed by atoms with van der Waals surface area (Å²) in [6.45, 7) is 10.9. The number of nitrogens with zero attached hydrogens (tertiary/aromatic N) is 2.